The summed E-state index contributed by atoms with van der Waals surface area (Å²) < 4.78 is 13.8. The Kier molecular flexibility index (Phi) is 7.72. The first-order valence-corrected chi connectivity index (χ1v) is 15.5. The predicted octanol–water partition coefficient (Wildman–Crippen LogP) is 7.05. The van der Waals surface area contributed by atoms with Gasteiger partial charge in [-0.2, -0.15) is 0 Å². The molecule has 2 aliphatic heterocycles. The molecule has 3 fully saturated rings. The highest BCUT2D eigenvalue weighted by Gasteiger charge is 2.41. The average molecular weight is 653 g/mol. The number of aromatic nitrogens is 1. The highest BCUT2D eigenvalue weighted by molar-refractivity contribution is 9.10. The minimum atomic E-state index is -0.356. The van der Waals surface area contributed by atoms with Crippen molar-refractivity contribution in [2.45, 2.75) is 69.5 Å². The van der Waals surface area contributed by atoms with Gasteiger partial charge in [0.2, 0.25) is 5.91 Å². The molecule has 198 valence electrons. The van der Waals surface area contributed by atoms with Crippen LogP contribution in [0, 0.1) is 11.8 Å². The van der Waals surface area contributed by atoms with Crippen molar-refractivity contribution in [2.24, 2.45) is 11.8 Å². The number of benzene rings is 1. The topological polar surface area (TPSA) is 51.7 Å². The molecule has 1 saturated carbocycles. The molecule has 0 radical (unpaired) electrons. The van der Waals surface area contributed by atoms with E-state index in [2.05, 4.69) is 48.9 Å². The lowest BCUT2D eigenvalue weighted by Crippen LogP contribution is -2.42. The molecule has 1 aromatic carbocycles. The van der Waals surface area contributed by atoms with Gasteiger partial charge in [-0.1, -0.05) is 27.5 Å². The summed E-state index contributed by atoms with van der Waals surface area (Å²) in [7, 11) is 0. The molecule has 4 aliphatic rings. The highest BCUT2D eigenvalue weighted by Crippen LogP contribution is 2.46. The Labute approximate surface area is 240 Å². The smallest absolute Gasteiger partial charge is 0.222 e. The number of aryl methyl sites for hydroxylation is 2. The molecular weight excluding hydrogens is 620 g/mol. The lowest BCUT2D eigenvalue weighted by atomic mass is 9.76. The predicted molar refractivity (Wildman–Crippen MR) is 151 cm³/mol. The van der Waals surface area contributed by atoms with Crippen LogP contribution in [0.2, 0.25) is 5.02 Å². The molecule has 1 spiro atoms. The lowest BCUT2D eigenvalue weighted by Gasteiger charge is -2.39. The van der Waals surface area contributed by atoms with E-state index in [-0.39, 0.29) is 11.7 Å². The Morgan fingerprint density at radius 3 is 2.46 bits per heavy atom. The molecule has 0 bridgehead atoms. The van der Waals surface area contributed by atoms with E-state index in [0.717, 1.165) is 78.4 Å². The van der Waals surface area contributed by atoms with E-state index in [0.29, 0.717) is 37.4 Å². The fourth-order valence-corrected chi connectivity index (χ4v) is 8.49. The van der Waals surface area contributed by atoms with Crippen LogP contribution in [-0.4, -0.2) is 47.9 Å². The molecule has 1 aromatic heterocycles. The molecule has 37 heavy (non-hydrogen) atoms. The van der Waals surface area contributed by atoms with Crippen LogP contribution in [0.15, 0.2) is 33.3 Å². The molecule has 2 aliphatic carbocycles. The number of carbonyl (C=O) groups excluding carboxylic acids is 1. The van der Waals surface area contributed by atoms with Crippen molar-refractivity contribution in [3.63, 3.8) is 0 Å². The maximum atomic E-state index is 13.3. The molecule has 0 N–H and O–H groups in total. The fourth-order valence-electron chi connectivity index (χ4n) is 7.00. The van der Waals surface area contributed by atoms with Gasteiger partial charge in [0.25, 0.3) is 0 Å². The first-order valence-electron chi connectivity index (χ1n) is 13.6. The van der Waals surface area contributed by atoms with E-state index in [4.69, 9.17) is 26.1 Å². The first-order chi connectivity index (χ1) is 17.9. The van der Waals surface area contributed by atoms with Gasteiger partial charge in [0.15, 0.2) is 5.79 Å². The summed E-state index contributed by atoms with van der Waals surface area (Å²) in [5, 5.41) is 0.768. The third kappa shape index (κ3) is 5.41. The van der Waals surface area contributed by atoms with Crippen molar-refractivity contribution in [3.8, 4) is 0 Å². The van der Waals surface area contributed by atoms with Crippen molar-refractivity contribution in [1.29, 1.82) is 0 Å². The third-order valence-electron chi connectivity index (χ3n) is 8.92. The Morgan fingerprint density at radius 1 is 1.03 bits per heavy atom. The minimum absolute atomic E-state index is 0.199. The van der Waals surface area contributed by atoms with Crippen molar-refractivity contribution in [2.75, 3.05) is 26.3 Å². The Bertz CT molecular complexity index is 1170. The first kappa shape index (κ1) is 26.2. The second kappa shape index (κ2) is 10.9. The molecule has 1 amide bonds. The average Bonchev–Trinajstić information content (AvgIpc) is 3.28. The van der Waals surface area contributed by atoms with Crippen molar-refractivity contribution in [1.82, 2.24) is 9.88 Å². The number of likely N-dealkylation sites (tertiary alicyclic amines) is 1. The van der Waals surface area contributed by atoms with Gasteiger partial charge in [0.1, 0.15) is 0 Å². The molecule has 6 rings (SSSR count). The van der Waals surface area contributed by atoms with Gasteiger partial charge in [-0.25, -0.2) is 0 Å². The van der Waals surface area contributed by atoms with Crippen LogP contribution in [-0.2, 0) is 27.1 Å². The van der Waals surface area contributed by atoms with E-state index in [9.17, 15) is 4.79 Å². The summed E-state index contributed by atoms with van der Waals surface area (Å²) >= 11 is 13.9. The normalized spacial score (nSPS) is 24.1. The van der Waals surface area contributed by atoms with Gasteiger partial charge in [-0.15, -0.1) is 0 Å². The summed E-state index contributed by atoms with van der Waals surface area (Å²) in [5.41, 5.74) is 5.13. The van der Waals surface area contributed by atoms with Gasteiger partial charge >= 0.3 is 0 Å². The Morgan fingerprint density at radius 2 is 1.73 bits per heavy atom. The Balaban J connectivity index is 1.15. The molecule has 3 heterocycles. The molecule has 2 saturated heterocycles. The number of nitrogens with zero attached hydrogens (tertiary/aromatic N) is 2. The van der Waals surface area contributed by atoms with Crippen LogP contribution in [0.3, 0.4) is 0 Å². The standard InChI is InChI=1S/C29H33Br2ClN2O3/c30-22-14-21-2-1-20-15-23(32)16-24(31)26(20)27(28(21)33-17-22)19-5-9-34(10-6-19)25(35)13-18-3-7-29(8-4-18)36-11-12-37-29/h14-19,27H,1-13H2/t27-/m1/s1. The minimum Gasteiger partial charge on any atom is -0.348 e. The van der Waals surface area contributed by atoms with Crippen LogP contribution in [0.1, 0.15) is 73.2 Å². The maximum Gasteiger partial charge on any atom is 0.222 e. The number of rotatable bonds is 3. The number of amides is 1. The van der Waals surface area contributed by atoms with Crippen LogP contribution in [0.5, 0.6) is 0 Å². The van der Waals surface area contributed by atoms with Crippen LogP contribution in [0.25, 0.3) is 0 Å². The number of halogens is 3. The number of pyridine rings is 1. The number of hydrogen-bond acceptors (Lipinski definition) is 4. The van der Waals surface area contributed by atoms with Crippen molar-refractivity contribution in [3.05, 3.63) is 60.7 Å². The number of ether oxygens (including phenoxy) is 2. The van der Waals surface area contributed by atoms with E-state index in [1.807, 2.05) is 12.3 Å². The van der Waals surface area contributed by atoms with E-state index in [1.165, 1.54) is 22.4 Å². The summed E-state index contributed by atoms with van der Waals surface area (Å²) in [5.74, 6) is 1.02. The molecule has 2 aromatic rings. The fraction of sp³-hybridized carbons (Fsp3) is 0.586. The highest BCUT2D eigenvalue weighted by atomic mass is 79.9. The number of piperidine rings is 1. The van der Waals surface area contributed by atoms with Crippen molar-refractivity contribution >= 4 is 49.4 Å². The number of fused-ring (bicyclic) bond motifs is 2. The zero-order valence-corrected chi connectivity index (χ0v) is 24.9. The second-order valence-electron chi connectivity index (χ2n) is 11.1. The van der Waals surface area contributed by atoms with Gasteiger partial charge < -0.3 is 14.4 Å². The quantitative estimate of drug-likeness (QED) is 0.357. The maximum absolute atomic E-state index is 13.3. The van der Waals surface area contributed by atoms with Crippen molar-refractivity contribution < 1.29 is 14.3 Å². The zero-order valence-electron chi connectivity index (χ0n) is 21.0. The number of hydrogen-bond donors (Lipinski definition) is 0. The third-order valence-corrected chi connectivity index (χ3v) is 10.2. The van der Waals surface area contributed by atoms with E-state index < -0.39 is 0 Å². The molecule has 8 heteroatoms. The van der Waals surface area contributed by atoms with Crippen LogP contribution < -0.4 is 0 Å². The summed E-state index contributed by atoms with van der Waals surface area (Å²) in [6, 6.07) is 6.38. The number of carbonyl (C=O) groups is 1. The summed E-state index contributed by atoms with van der Waals surface area (Å²) in [6.45, 7) is 3.03. The molecule has 1 atom stereocenters. The summed E-state index contributed by atoms with van der Waals surface area (Å²) in [4.78, 5) is 20.3. The summed E-state index contributed by atoms with van der Waals surface area (Å²) in [6.07, 6.45) is 10.3. The largest absolute Gasteiger partial charge is 0.348 e. The lowest BCUT2D eigenvalue weighted by molar-refractivity contribution is -0.183. The molecule has 5 nitrogen and oxygen atoms in total. The van der Waals surface area contributed by atoms with Gasteiger partial charge in [0, 0.05) is 58.4 Å². The second-order valence-corrected chi connectivity index (χ2v) is 13.3. The monoisotopic (exact) mass is 650 g/mol. The van der Waals surface area contributed by atoms with Crippen LogP contribution in [0.4, 0.5) is 0 Å². The molecular formula is C29H33Br2ClN2O3. The van der Waals surface area contributed by atoms with E-state index >= 15 is 0 Å². The van der Waals surface area contributed by atoms with Gasteiger partial charge in [-0.05, 0) is 101 Å². The van der Waals surface area contributed by atoms with Gasteiger partial charge in [-0.3, -0.25) is 9.78 Å². The van der Waals surface area contributed by atoms with Crippen LogP contribution >= 0.6 is 43.5 Å². The van der Waals surface area contributed by atoms with E-state index in [1.54, 1.807) is 0 Å². The SMILES string of the molecule is O=C(CC1CCC2(CC1)OCCO2)N1CCC([C@H]2c3ncc(Br)cc3CCc3cc(Cl)cc(Br)c32)CC1. The van der Waals surface area contributed by atoms with Gasteiger partial charge in [0.05, 0.1) is 18.9 Å². The zero-order chi connectivity index (χ0) is 25.6. The molecule has 0 unspecified atom stereocenters. The Hall–Kier alpha value is -0.990.